The van der Waals surface area contributed by atoms with E-state index >= 15 is 0 Å². The molecule has 0 saturated carbocycles. The monoisotopic (exact) mass is 402 g/mol. The highest BCUT2D eigenvalue weighted by Gasteiger charge is 2.15. The third kappa shape index (κ3) is 5.17. The highest BCUT2D eigenvalue weighted by Crippen LogP contribution is 2.28. The summed E-state index contributed by atoms with van der Waals surface area (Å²) in [6, 6.07) is 15.8. The average molecular weight is 402 g/mol. The number of fused-ring (bicyclic) bond motifs is 1. The van der Waals surface area contributed by atoms with Crippen LogP contribution in [-0.2, 0) is 0 Å². The summed E-state index contributed by atoms with van der Waals surface area (Å²) < 4.78 is 11.3. The molecule has 0 atom stereocenters. The predicted molar refractivity (Wildman–Crippen MR) is 123 cm³/mol. The number of nitrogens with one attached hydrogen (secondary N) is 1. The second kappa shape index (κ2) is 10.1. The molecule has 0 bridgehead atoms. The van der Waals surface area contributed by atoms with Crippen LogP contribution in [0, 0.1) is 0 Å². The Balaban J connectivity index is 1.81. The van der Waals surface area contributed by atoms with E-state index in [0.29, 0.717) is 23.9 Å². The van der Waals surface area contributed by atoms with E-state index in [1.165, 1.54) is 11.9 Å². The number of nitrogens with two attached hydrogens (primary N) is 1. The van der Waals surface area contributed by atoms with E-state index in [1.54, 1.807) is 13.3 Å². The molecule has 1 aliphatic rings. The molecule has 0 amide bonds. The van der Waals surface area contributed by atoms with Gasteiger partial charge in [0.15, 0.2) is 0 Å². The minimum atomic E-state index is 0.351. The van der Waals surface area contributed by atoms with Gasteiger partial charge in [-0.15, -0.1) is 0 Å². The lowest BCUT2D eigenvalue weighted by Crippen LogP contribution is -2.17. The van der Waals surface area contributed by atoms with Crippen molar-refractivity contribution in [1.82, 2.24) is 5.32 Å². The first kappa shape index (κ1) is 20.9. The fraction of sp³-hybridized carbons (Fsp3) is 0.167. The van der Waals surface area contributed by atoms with Crippen LogP contribution in [0.3, 0.4) is 0 Å². The minimum Gasteiger partial charge on any atom is -0.497 e. The standard InChI is InChI=1S/C24H26N4O2/c1-4-20(12-17(2)18-8-6-5-7-9-18)26-15-22-24(28-16-25)30-23-11-10-21(29-3)13-19(23)14-27-22/h4-14,16,26H,15H2,1-3H3,(H2,25,28)/b17-12+,20-4+. The Hall–Kier alpha value is -3.80. The summed E-state index contributed by atoms with van der Waals surface area (Å²) in [5.74, 6) is 1.72. The Kier molecular flexibility index (Phi) is 7.05. The molecule has 2 aromatic carbocycles. The highest BCUT2D eigenvalue weighted by atomic mass is 16.5. The van der Waals surface area contributed by atoms with Gasteiger partial charge >= 0.3 is 0 Å². The molecule has 0 unspecified atom stereocenters. The molecule has 2 aromatic rings. The quantitative estimate of drug-likeness (QED) is 0.412. The molecule has 0 aliphatic carbocycles. The van der Waals surface area contributed by atoms with Crippen LogP contribution in [0.15, 0.2) is 87.9 Å². The Labute approximate surface area is 177 Å². The molecule has 6 nitrogen and oxygen atoms in total. The molecule has 0 spiro atoms. The van der Waals surface area contributed by atoms with Crippen molar-refractivity contribution in [1.29, 1.82) is 0 Å². The molecular formula is C24H26N4O2. The Bertz CT molecular complexity index is 1030. The summed E-state index contributed by atoms with van der Waals surface area (Å²) in [6.07, 6.45) is 7.06. The van der Waals surface area contributed by atoms with Crippen molar-refractivity contribution in [2.24, 2.45) is 15.7 Å². The van der Waals surface area contributed by atoms with Crippen LogP contribution in [0.1, 0.15) is 25.0 Å². The number of ether oxygens (including phenoxy) is 2. The SMILES string of the molecule is C/C=C(\C=C(/C)c1ccccc1)NCC1=C(/N=C\N)Oc2ccc(OC)cc2C=N1. The number of benzene rings is 2. The molecule has 30 heavy (non-hydrogen) atoms. The first-order chi connectivity index (χ1) is 14.6. The number of nitrogens with zero attached hydrogens (tertiary/aromatic N) is 2. The Morgan fingerprint density at radius 2 is 2.03 bits per heavy atom. The van der Waals surface area contributed by atoms with Gasteiger partial charge in [-0.2, -0.15) is 0 Å². The molecule has 0 saturated heterocycles. The molecule has 3 rings (SSSR count). The summed E-state index contributed by atoms with van der Waals surface area (Å²) in [7, 11) is 1.62. The molecule has 3 N–H and O–H groups in total. The topological polar surface area (TPSA) is 81.2 Å². The fourth-order valence-corrected chi connectivity index (χ4v) is 2.94. The number of hydrogen-bond acceptors (Lipinski definition) is 5. The van der Waals surface area contributed by atoms with Crippen molar-refractivity contribution >= 4 is 18.1 Å². The highest BCUT2D eigenvalue weighted by molar-refractivity contribution is 5.85. The molecule has 0 aromatic heterocycles. The second-order valence-corrected chi connectivity index (χ2v) is 6.58. The molecular weight excluding hydrogens is 376 g/mol. The summed E-state index contributed by atoms with van der Waals surface area (Å²) in [5, 5.41) is 3.40. The van der Waals surface area contributed by atoms with Crippen molar-refractivity contribution < 1.29 is 9.47 Å². The Morgan fingerprint density at radius 3 is 2.73 bits per heavy atom. The van der Waals surface area contributed by atoms with E-state index in [4.69, 9.17) is 15.2 Å². The number of methoxy groups -OCH3 is 1. The zero-order valence-electron chi connectivity index (χ0n) is 17.4. The van der Waals surface area contributed by atoms with Gasteiger partial charge in [0, 0.05) is 17.5 Å². The van der Waals surface area contributed by atoms with E-state index < -0.39 is 0 Å². The summed E-state index contributed by atoms with van der Waals surface area (Å²) in [5.41, 5.74) is 10.3. The predicted octanol–water partition coefficient (Wildman–Crippen LogP) is 4.26. The van der Waals surface area contributed by atoms with Gasteiger partial charge in [0.25, 0.3) is 0 Å². The summed E-state index contributed by atoms with van der Waals surface area (Å²) >= 11 is 0. The van der Waals surface area contributed by atoms with Crippen LogP contribution in [-0.4, -0.2) is 26.2 Å². The molecule has 1 heterocycles. The lowest BCUT2D eigenvalue weighted by atomic mass is 10.1. The van der Waals surface area contributed by atoms with Crippen LogP contribution in [0.2, 0.25) is 0 Å². The zero-order valence-corrected chi connectivity index (χ0v) is 17.4. The van der Waals surface area contributed by atoms with Crippen LogP contribution in [0.4, 0.5) is 0 Å². The maximum atomic E-state index is 5.97. The molecule has 0 fully saturated rings. The van der Waals surface area contributed by atoms with Gasteiger partial charge in [-0.05, 0) is 49.3 Å². The number of aliphatic imine (C=N–C) groups is 2. The number of hydrogen-bond donors (Lipinski definition) is 2. The van der Waals surface area contributed by atoms with E-state index in [1.807, 2.05) is 49.4 Å². The average Bonchev–Trinajstić information content (AvgIpc) is 2.95. The van der Waals surface area contributed by atoms with Crippen LogP contribution in [0.5, 0.6) is 11.5 Å². The first-order valence-corrected chi connectivity index (χ1v) is 9.66. The minimum absolute atomic E-state index is 0.351. The van der Waals surface area contributed by atoms with Gasteiger partial charge in [-0.25, -0.2) is 4.99 Å². The normalized spacial score (nSPS) is 14.4. The third-order valence-corrected chi connectivity index (χ3v) is 4.59. The molecule has 0 radical (unpaired) electrons. The number of rotatable bonds is 7. The lowest BCUT2D eigenvalue weighted by Gasteiger charge is -2.12. The third-order valence-electron chi connectivity index (χ3n) is 4.59. The van der Waals surface area contributed by atoms with Crippen molar-refractivity contribution in [2.45, 2.75) is 13.8 Å². The molecule has 1 aliphatic heterocycles. The smallest absolute Gasteiger partial charge is 0.244 e. The zero-order chi connectivity index (χ0) is 21.3. The maximum absolute atomic E-state index is 5.97. The van der Waals surface area contributed by atoms with Gasteiger partial charge in [-0.1, -0.05) is 36.4 Å². The van der Waals surface area contributed by atoms with Crippen molar-refractivity contribution in [2.75, 3.05) is 13.7 Å². The van der Waals surface area contributed by atoms with Crippen molar-refractivity contribution in [3.05, 3.63) is 89.1 Å². The molecule has 154 valence electrons. The summed E-state index contributed by atoms with van der Waals surface area (Å²) in [6.45, 7) is 4.49. The van der Waals surface area contributed by atoms with Gasteiger partial charge in [0.2, 0.25) is 5.88 Å². The lowest BCUT2D eigenvalue weighted by molar-refractivity contribution is 0.402. The second-order valence-electron chi connectivity index (χ2n) is 6.58. The van der Waals surface area contributed by atoms with Crippen molar-refractivity contribution in [3.63, 3.8) is 0 Å². The van der Waals surface area contributed by atoms with Crippen molar-refractivity contribution in [3.8, 4) is 11.5 Å². The maximum Gasteiger partial charge on any atom is 0.244 e. The molecule has 6 heteroatoms. The van der Waals surface area contributed by atoms with Gasteiger partial charge in [-0.3, -0.25) is 4.99 Å². The fourth-order valence-electron chi connectivity index (χ4n) is 2.94. The largest absolute Gasteiger partial charge is 0.497 e. The summed E-state index contributed by atoms with van der Waals surface area (Å²) in [4.78, 5) is 8.75. The van der Waals surface area contributed by atoms with Crippen LogP contribution < -0.4 is 20.5 Å². The van der Waals surface area contributed by atoms with Gasteiger partial charge in [0.1, 0.15) is 17.2 Å². The first-order valence-electron chi connectivity index (χ1n) is 9.66. The van der Waals surface area contributed by atoms with Crippen LogP contribution in [0.25, 0.3) is 5.57 Å². The van der Waals surface area contributed by atoms with E-state index in [-0.39, 0.29) is 0 Å². The van der Waals surface area contributed by atoms with Gasteiger partial charge in [0.05, 0.1) is 20.0 Å². The Morgan fingerprint density at radius 1 is 1.23 bits per heavy atom. The van der Waals surface area contributed by atoms with E-state index in [9.17, 15) is 0 Å². The number of allylic oxidation sites excluding steroid dienone is 3. The van der Waals surface area contributed by atoms with Gasteiger partial charge < -0.3 is 20.5 Å². The van der Waals surface area contributed by atoms with E-state index in [0.717, 1.165) is 22.6 Å². The van der Waals surface area contributed by atoms with Crippen LogP contribution >= 0.6 is 0 Å². The van der Waals surface area contributed by atoms with E-state index in [2.05, 4.69) is 40.4 Å².